The van der Waals surface area contributed by atoms with Crippen LogP contribution in [0.2, 0.25) is 0 Å². The molecule has 6 heteroatoms. The number of ether oxygens (including phenoxy) is 1. The molecular weight excluding hydrogens is 352 g/mol. The van der Waals surface area contributed by atoms with Crippen molar-refractivity contribution >= 4 is 11.9 Å². The number of rotatable bonds is 5. The van der Waals surface area contributed by atoms with Gasteiger partial charge in [0.25, 0.3) is 0 Å². The van der Waals surface area contributed by atoms with E-state index in [-0.39, 0.29) is 24.0 Å². The van der Waals surface area contributed by atoms with Crippen molar-refractivity contribution in [2.24, 2.45) is 22.2 Å². The van der Waals surface area contributed by atoms with Crippen LogP contribution < -0.4 is 10.6 Å². The second kappa shape index (κ2) is 10.5. The number of carbonyl (C=O) groups is 1. The first-order valence-electron chi connectivity index (χ1n) is 11.0. The highest BCUT2D eigenvalue weighted by Crippen LogP contribution is 2.33. The summed E-state index contributed by atoms with van der Waals surface area (Å²) in [7, 11) is 3.55. The van der Waals surface area contributed by atoms with Gasteiger partial charge >= 0.3 is 0 Å². The van der Waals surface area contributed by atoms with Crippen molar-refractivity contribution in [3.63, 3.8) is 0 Å². The van der Waals surface area contributed by atoms with Gasteiger partial charge in [-0.3, -0.25) is 4.79 Å². The first-order chi connectivity index (χ1) is 13.2. The minimum atomic E-state index is 0.0198. The van der Waals surface area contributed by atoms with E-state index < -0.39 is 0 Å². The fraction of sp³-hybridized carbons (Fsp3) is 0.909. The lowest BCUT2D eigenvalue weighted by Crippen LogP contribution is -2.51. The topological polar surface area (TPSA) is 66.0 Å². The van der Waals surface area contributed by atoms with Gasteiger partial charge in [-0.15, -0.1) is 0 Å². The fourth-order valence-electron chi connectivity index (χ4n) is 4.38. The van der Waals surface area contributed by atoms with Crippen molar-refractivity contribution in [1.82, 2.24) is 15.5 Å². The van der Waals surface area contributed by atoms with Crippen LogP contribution in [-0.2, 0) is 9.53 Å². The molecule has 28 heavy (non-hydrogen) atoms. The summed E-state index contributed by atoms with van der Waals surface area (Å²) in [6, 6.07) is 0.426. The molecule has 6 nitrogen and oxygen atoms in total. The number of hydrogen-bond donors (Lipinski definition) is 2. The maximum absolute atomic E-state index is 12.0. The van der Waals surface area contributed by atoms with E-state index in [9.17, 15) is 4.79 Å². The molecule has 1 heterocycles. The Morgan fingerprint density at radius 1 is 1.14 bits per heavy atom. The molecule has 1 saturated carbocycles. The number of nitrogens with zero attached hydrogens (tertiary/aromatic N) is 2. The van der Waals surface area contributed by atoms with E-state index in [1.807, 2.05) is 0 Å². The van der Waals surface area contributed by atoms with E-state index in [4.69, 9.17) is 4.74 Å². The van der Waals surface area contributed by atoms with E-state index in [2.05, 4.69) is 43.3 Å². The first-order valence-corrected chi connectivity index (χ1v) is 11.0. The van der Waals surface area contributed by atoms with Crippen LogP contribution in [0.3, 0.4) is 0 Å². The van der Waals surface area contributed by atoms with E-state index in [0.717, 1.165) is 25.5 Å². The van der Waals surface area contributed by atoms with Gasteiger partial charge in [-0.05, 0) is 37.0 Å². The van der Waals surface area contributed by atoms with Crippen LogP contribution in [0.1, 0.15) is 66.2 Å². The number of guanidine groups is 1. The molecule has 0 radical (unpaired) electrons. The molecule has 4 atom stereocenters. The Morgan fingerprint density at radius 2 is 1.86 bits per heavy atom. The molecule has 1 saturated heterocycles. The molecule has 1 aliphatic carbocycles. The molecule has 2 N–H and O–H groups in total. The average Bonchev–Trinajstić information content (AvgIpc) is 2.64. The van der Waals surface area contributed by atoms with Crippen molar-refractivity contribution < 1.29 is 9.53 Å². The van der Waals surface area contributed by atoms with Gasteiger partial charge in [-0.25, -0.2) is 4.99 Å². The average molecular weight is 395 g/mol. The molecule has 0 bridgehead atoms. The maximum atomic E-state index is 12.0. The molecule has 1 amide bonds. The van der Waals surface area contributed by atoms with Gasteiger partial charge in [-0.1, -0.05) is 40.5 Å². The fourth-order valence-corrected chi connectivity index (χ4v) is 4.38. The molecule has 2 rings (SSSR count). The van der Waals surface area contributed by atoms with Crippen molar-refractivity contribution in [3.05, 3.63) is 0 Å². The second-order valence-electron chi connectivity index (χ2n) is 9.91. The van der Waals surface area contributed by atoms with Crippen LogP contribution in [0.25, 0.3) is 0 Å². The van der Waals surface area contributed by atoms with Gasteiger partial charge in [0.05, 0.1) is 6.10 Å². The summed E-state index contributed by atoms with van der Waals surface area (Å²) in [5.41, 5.74) is 0.121. The van der Waals surface area contributed by atoms with Crippen LogP contribution in [0.5, 0.6) is 0 Å². The van der Waals surface area contributed by atoms with Crippen LogP contribution in [0.4, 0.5) is 0 Å². The Labute approximate surface area is 171 Å². The molecule has 0 aromatic carbocycles. The zero-order valence-electron chi connectivity index (χ0n) is 18.9. The number of carbonyl (C=O) groups excluding carboxylic acids is 1. The quantitative estimate of drug-likeness (QED) is 0.556. The normalized spacial score (nSPS) is 29.3. The lowest BCUT2D eigenvalue weighted by atomic mass is 9.78. The highest BCUT2D eigenvalue weighted by molar-refractivity contribution is 5.85. The highest BCUT2D eigenvalue weighted by atomic mass is 16.5. The van der Waals surface area contributed by atoms with Crippen LogP contribution in [-0.4, -0.2) is 62.7 Å². The Balaban J connectivity index is 2.03. The Bertz CT molecular complexity index is 527. The third-order valence-corrected chi connectivity index (χ3v) is 6.13. The summed E-state index contributed by atoms with van der Waals surface area (Å²) in [5.74, 6) is 1.87. The monoisotopic (exact) mass is 394 g/mol. The van der Waals surface area contributed by atoms with E-state index >= 15 is 0 Å². The lowest BCUT2D eigenvalue weighted by Gasteiger charge is -2.40. The van der Waals surface area contributed by atoms with Gasteiger partial charge in [0.15, 0.2) is 5.96 Å². The van der Waals surface area contributed by atoms with Crippen molar-refractivity contribution in [2.45, 2.75) is 78.4 Å². The predicted molar refractivity (Wildman–Crippen MR) is 115 cm³/mol. The summed E-state index contributed by atoms with van der Waals surface area (Å²) in [6.07, 6.45) is 7.51. The van der Waals surface area contributed by atoms with Crippen LogP contribution in [0, 0.1) is 17.3 Å². The van der Waals surface area contributed by atoms with E-state index in [1.165, 1.54) is 32.1 Å². The van der Waals surface area contributed by atoms with Gasteiger partial charge in [0, 0.05) is 39.2 Å². The summed E-state index contributed by atoms with van der Waals surface area (Å²) in [6.45, 7) is 10.9. The van der Waals surface area contributed by atoms with Crippen molar-refractivity contribution in [3.8, 4) is 0 Å². The Morgan fingerprint density at radius 3 is 2.50 bits per heavy atom. The highest BCUT2D eigenvalue weighted by Gasteiger charge is 2.35. The Kier molecular flexibility index (Phi) is 8.59. The van der Waals surface area contributed by atoms with E-state index in [0.29, 0.717) is 17.9 Å². The molecule has 0 spiro atoms. The number of aliphatic imine (C=N–C) groups is 1. The lowest BCUT2D eigenvalue weighted by molar-refractivity contribution is -0.127. The zero-order valence-corrected chi connectivity index (χ0v) is 18.9. The van der Waals surface area contributed by atoms with Gasteiger partial charge < -0.3 is 20.3 Å². The van der Waals surface area contributed by atoms with Crippen molar-refractivity contribution in [1.29, 1.82) is 0 Å². The Hall–Kier alpha value is -1.30. The molecule has 0 aromatic rings. The zero-order chi connectivity index (χ0) is 20.7. The third kappa shape index (κ3) is 6.94. The van der Waals surface area contributed by atoms with Gasteiger partial charge in [0.2, 0.25) is 5.91 Å². The summed E-state index contributed by atoms with van der Waals surface area (Å²) in [5, 5.41) is 7.16. The molecule has 162 valence electrons. The molecule has 0 aromatic heterocycles. The summed E-state index contributed by atoms with van der Waals surface area (Å²) >= 11 is 0. The standard InChI is InChI=1S/C22H42N4O2/c1-16-10-7-8-12-18(16)25-21(24-15-19(27)26(5)6)23-14-17-11-9-13-28-20(17)22(2,3)4/h16-18,20H,7-15H2,1-6H3,(H2,23,24,25). The van der Waals surface area contributed by atoms with Crippen LogP contribution in [0.15, 0.2) is 4.99 Å². The largest absolute Gasteiger partial charge is 0.377 e. The smallest absolute Gasteiger partial charge is 0.243 e. The van der Waals surface area contributed by atoms with Gasteiger partial charge in [-0.2, -0.15) is 0 Å². The summed E-state index contributed by atoms with van der Waals surface area (Å²) < 4.78 is 6.12. The predicted octanol–water partition coefficient (Wildman–Crippen LogP) is 3.03. The minimum absolute atomic E-state index is 0.0198. The summed E-state index contributed by atoms with van der Waals surface area (Å²) in [4.78, 5) is 18.2. The maximum Gasteiger partial charge on any atom is 0.243 e. The van der Waals surface area contributed by atoms with E-state index in [1.54, 1.807) is 19.0 Å². The van der Waals surface area contributed by atoms with Crippen LogP contribution >= 0.6 is 0 Å². The molecule has 2 fully saturated rings. The SMILES string of the molecule is CC1CCCCC1NC(=NCC(=O)N(C)C)NCC1CCCOC1C(C)(C)C. The number of likely N-dealkylation sites (N-methyl/N-ethyl adjacent to an activating group) is 1. The van der Waals surface area contributed by atoms with Gasteiger partial charge in [0.1, 0.15) is 6.54 Å². The molecule has 1 aliphatic heterocycles. The number of nitrogens with one attached hydrogen (secondary N) is 2. The molecule has 4 unspecified atom stereocenters. The minimum Gasteiger partial charge on any atom is -0.377 e. The number of amides is 1. The number of hydrogen-bond acceptors (Lipinski definition) is 3. The first kappa shape index (κ1) is 23.0. The molecular formula is C22H42N4O2. The molecule has 2 aliphatic rings. The van der Waals surface area contributed by atoms with Crippen molar-refractivity contribution in [2.75, 3.05) is 33.8 Å². The second-order valence-corrected chi connectivity index (χ2v) is 9.91. The third-order valence-electron chi connectivity index (χ3n) is 6.13.